The lowest BCUT2D eigenvalue weighted by molar-refractivity contribution is -0.133. The Kier molecular flexibility index (Phi) is 5.64. The Hall–Kier alpha value is -0.570. The Morgan fingerprint density at radius 3 is 2.28 bits per heavy atom. The van der Waals surface area contributed by atoms with Crippen LogP contribution >= 0.6 is 0 Å². The summed E-state index contributed by atoms with van der Waals surface area (Å²) in [6.45, 7) is 13.1. The maximum Gasteiger partial charge on any atom is 0.241 e. The van der Waals surface area contributed by atoms with Crippen LogP contribution in [0, 0.1) is 11.8 Å². The summed E-state index contributed by atoms with van der Waals surface area (Å²) in [6.07, 6.45) is 3.34. The minimum absolute atomic E-state index is 0.0227. The SMILES string of the molecule is CCC(C)C1NC(CC)N(C(C)CC(C)C)C1=O. The van der Waals surface area contributed by atoms with E-state index in [0.717, 1.165) is 19.3 Å². The Labute approximate surface area is 112 Å². The fourth-order valence-corrected chi connectivity index (χ4v) is 2.95. The van der Waals surface area contributed by atoms with Crippen molar-refractivity contribution in [2.45, 2.75) is 79.1 Å². The molecule has 0 bridgehead atoms. The van der Waals surface area contributed by atoms with Gasteiger partial charge in [-0.2, -0.15) is 0 Å². The van der Waals surface area contributed by atoms with Crippen molar-refractivity contribution in [2.24, 2.45) is 11.8 Å². The van der Waals surface area contributed by atoms with E-state index in [0.29, 0.717) is 23.8 Å². The number of carbonyl (C=O) groups is 1. The second kappa shape index (κ2) is 6.55. The van der Waals surface area contributed by atoms with E-state index in [1.54, 1.807) is 0 Å². The van der Waals surface area contributed by atoms with Gasteiger partial charge in [0.1, 0.15) is 0 Å². The molecule has 0 aliphatic carbocycles. The van der Waals surface area contributed by atoms with Crippen molar-refractivity contribution in [2.75, 3.05) is 0 Å². The van der Waals surface area contributed by atoms with Crippen LogP contribution in [0.2, 0.25) is 0 Å². The van der Waals surface area contributed by atoms with Crippen LogP contribution in [0.15, 0.2) is 0 Å². The van der Waals surface area contributed by atoms with Crippen molar-refractivity contribution in [3.05, 3.63) is 0 Å². The number of hydrogen-bond donors (Lipinski definition) is 1. The van der Waals surface area contributed by atoms with Gasteiger partial charge in [-0.3, -0.25) is 10.1 Å². The number of carbonyl (C=O) groups excluding carboxylic acids is 1. The predicted octanol–water partition coefficient (Wildman–Crippen LogP) is 3.00. The molecule has 0 aromatic heterocycles. The average molecular weight is 254 g/mol. The molecule has 0 aromatic rings. The lowest BCUT2D eigenvalue weighted by Gasteiger charge is -2.31. The van der Waals surface area contributed by atoms with Crippen LogP contribution in [-0.4, -0.2) is 29.1 Å². The average Bonchev–Trinajstić information content (AvgIpc) is 2.64. The van der Waals surface area contributed by atoms with E-state index in [9.17, 15) is 4.79 Å². The highest BCUT2D eigenvalue weighted by Gasteiger charge is 2.42. The predicted molar refractivity (Wildman–Crippen MR) is 76.2 cm³/mol. The number of nitrogens with one attached hydrogen (secondary N) is 1. The molecule has 1 aliphatic rings. The largest absolute Gasteiger partial charge is 0.323 e. The molecule has 1 N–H and O–H groups in total. The zero-order valence-electron chi connectivity index (χ0n) is 12.9. The van der Waals surface area contributed by atoms with Gasteiger partial charge in [0.05, 0.1) is 12.2 Å². The summed E-state index contributed by atoms with van der Waals surface area (Å²) in [4.78, 5) is 14.7. The van der Waals surface area contributed by atoms with Crippen LogP contribution in [0.25, 0.3) is 0 Å². The summed E-state index contributed by atoms with van der Waals surface area (Å²) < 4.78 is 0. The van der Waals surface area contributed by atoms with E-state index < -0.39 is 0 Å². The molecular formula is C15H30N2O. The molecule has 1 fully saturated rings. The summed E-state index contributed by atoms with van der Waals surface area (Å²) >= 11 is 0. The number of rotatable bonds is 6. The van der Waals surface area contributed by atoms with Crippen LogP contribution in [0.3, 0.4) is 0 Å². The number of hydrogen-bond acceptors (Lipinski definition) is 2. The van der Waals surface area contributed by atoms with Crippen LogP contribution in [0.4, 0.5) is 0 Å². The molecule has 1 rings (SSSR count). The molecule has 0 spiro atoms. The van der Waals surface area contributed by atoms with Gasteiger partial charge in [-0.1, -0.05) is 41.0 Å². The second-order valence-corrected chi connectivity index (χ2v) is 6.18. The molecule has 18 heavy (non-hydrogen) atoms. The van der Waals surface area contributed by atoms with Gasteiger partial charge in [-0.25, -0.2) is 0 Å². The van der Waals surface area contributed by atoms with Gasteiger partial charge >= 0.3 is 0 Å². The first kappa shape index (κ1) is 15.5. The maximum atomic E-state index is 12.6. The molecule has 3 heteroatoms. The highest BCUT2D eigenvalue weighted by molar-refractivity contribution is 5.84. The zero-order chi connectivity index (χ0) is 13.9. The van der Waals surface area contributed by atoms with Gasteiger partial charge in [-0.05, 0) is 31.6 Å². The van der Waals surface area contributed by atoms with Crippen LogP contribution in [0.1, 0.15) is 60.8 Å². The Morgan fingerprint density at radius 1 is 1.22 bits per heavy atom. The number of nitrogens with zero attached hydrogens (tertiary/aromatic N) is 1. The highest BCUT2D eigenvalue weighted by Crippen LogP contribution is 2.25. The summed E-state index contributed by atoms with van der Waals surface area (Å²) in [5.74, 6) is 1.36. The summed E-state index contributed by atoms with van der Waals surface area (Å²) in [5.41, 5.74) is 0. The van der Waals surface area contributed by atoms with Gasteiger partial charge in [0.2, 0.25) is 5.91 Å². The fourth-order valence-electron chi connectivity index (χ4n) is 2.95. The molecule has 1 saturated heterocycles. The third kappa shape index (κ3) is 3.25. The minimum Gasteiger partial charge on any atom is -0.323 e. The Morgan fingerprint density at radius 2 is 1.83 bits per heavy atom. The third-order valence-corrected chi connectivity index (χ3v) is 4.12. The number of amides is 1. The first-order valence-corrected chi connectivity index (χ1v) is 7.50. The first-order chi connectivity index (χ1) is 8.42. The Balaban J connectivity index is 2.79. The van der Waals surface area contributed by atoms with Crippen molar-refractivity contribution in [3.63, 3.8) is 0 Å². The minimum atomic E-state index is 0.0227. The molecule has 1 aliphatic heterocycles. The van der Waals surface area contributed by atoms with E-state index in [1.165, 1.54) is 0 Å². The van der Waals surface area contributed by atoms with Crippen molar-refractivity contribution in [1.82, 2.24) is 10.2 Å². The van der Waals surface area contributed by atoms with E-state index in [2.05, 4.69) is 51.8 Å². The smallest absolute Gasteiger partial charge is 0.241 e. The normalized spacial score (nSPS) is 27.9. The van der Waals surface area contributed by atoms with E-state index >= 15 is 0 Å². The summed E-state index contributed by atoms with van der Waals surface area (Å²) in [6, 6.07) is 0.360. The molecule has 3 nitrogen and oxygen atoms in total. The molecule has 106 valence electrons. The van der Waals surface area contributed by atoms with Crippen LogP contribution < -0.4 is 5.32 Å². The van der Waals surface area contributed by atoms with Crippen molar-refractivity contribution in [3.8, 4) is 0 Å². The molecular weight excluding hydrogens is 224 g/mol. The lowest BCUT2D eigenvalue weighted by atomic mass is 9.98. The quantitative estimate of drug-likeness (QED) is 0.790. The first-order valence-electron chi connectivity index (χ1n) is 7.50. The third-order valence-electron chi connectivity index (χ3n) is 4.12. The van der Waals surface area contributed by atoms with Gasteiger partial charge in [0.15, 0.2) is 0 Å². The molecule has 1 heterocycles. The molecule has 0 aromatic carbocycles. The van der Waals surface area contributed by atoms with Gasteiger partial charge in [-0.15, -0.1) is 0 Å². The van der Waals surface area contributed by atoms with Gasteiger partial charge < -0.3 is 4.90 Å². The maximum absolute atomic E-state index is 12.6. The van der Waals surface area contributed by atoms with Gasteiger partial charge in [0, 0.05) is 6.04 Å². The molecule has 1 amide bonds. The molecule has 0 radical (unpaired) electrons. The van der Waals surface area contributed by atoms with Crippen molar-refractivity contribution < 1.29 is 4.79 Å². The second-order valence-electron chi connectivity index (χ2n) is 6.18. The zero-order valence-corrected chi connectivity index (χ0v) is 12.9. The monoisotopic (exact) mass is 254 g/mol. The van der Waals surface area contributed by atoms with E-state index in [4.69, 9.17) is 0 Å². The topological polar surface area (TPSA) is 32.3 Å². The van der Waals surface area contributed by atoms with E-state index in [-0.39, 0.29) is 12.2 Å². The summed E-state index contributed by atoms with van der Waals surface area (Å²) in [7, 11) is 0. The fraction of sp³-hybridized carbons (Fsp3) is 0.933. The van der Waals surface area contributed by atoms with E-state index in [1.807, 2.05) is 0 Å². The lowest BCUT2D eigenvalue weighted by Crippen LogP contribution is -2.43. The van der Waals surface area contributed by atoms with Crippen LogP contribution in [0.5, 0.6) is 0 Å². The van der Waals surface area contributed by atoms with Gasteiger partial charge in [0.25, 0.3) is 0 Å². The summed E-state index contributed by atoms with van der Waals surface area (Å²) in [5, 5.41) is 3.52. The van der Waals surface area contributed by atoms with Crippen molar-refractivity contribution >= 4 is 5.91 Å². The van der Waals surface area contributed by atoms with Crippen LogP contribution in [-0.2, 0) is 4.79 Å². The van der Waals surface area contributed by atoms with Crippen molar-refractivity contribution in [1.29, 1.82) is 0 Å². The Bertz CT molecular complexity index is 278. The molecule has 4 unspecified atom stereocenters. The highest BCUT2D eigenvalue weighted by atomic mass is 16.2. The molecule has 4 atom stereocenters. The molecule has 0 saturated carbocycles. The standard InChI is InChI=1S/C15H30N2O/c1-7-11(5)14-15(18)17(13(8-2)16-14)12(6)9-10(3)4/h10-14,16H,7-9H2,1-6H3.